The first-order valence-electron chi connectivity index (χ1n) is 7.47. The Morgan fingerprint density at radius 2 is 2.05 bits per heavy atom. The van der Waals surface area contributed by atoms with Gasteiger partial charge in [-0.25, -0.2) is 0 Å². The number of hydrogen-bond donors (Lipinski definition) is 1. The fourth-order valence-corrected chi connectivity index (χ4v) is 3.40. The van der Waals surface area contributed by atoms with Crippen LogP contribution >= 0.6 is 23.2 Å². The number of nitrogens with zero attached hydrogens (tertiary/aromatic N) is 1. The Hall–Kier alpha value is -0.770. The van der Waals surface area contributed by atoms with Crippen molar-refractivity contribution in [2.24, 2.45) is 0 Å². The van der Waals surface area contributed by atoms with E-state index in [-0.39, 0.29) is 11.9 Å². The minimum absolute atomic E-state index is 0.168. The topological polar surface area (TPSA) is 32.3 Å². The van der Waals surface area contributed by atoms with Crippen molar-refractivity contribution >= 4 is 29.1 Å². The summed E-state index contributed by atoms with van der Waals surface area (Å²) < 4.78 is 0. The van der Waals surface area contributed by atoms with Crippen LogP contribution in [0.5, 0.6) is 0 Å². The molecule has 1 amide bonds. The first kappa shape index (κ1) is 16.6. The largest absolute Gasteiger partial charge is 0.343 e. The Bertz CT molecular complexity index is 499. The van der Waals surface area contributed by atoms with Gasteiger partial charge in [-0.2, -0.15) is 0 Å². The lowest BCUT2D eigenvalue weighted by atomic mass is 9.99. The summed E-state index contributed by atoms with van der Waals surface area (Å²) in [5.74, 6) is 0.168. The normalized spacial score (nSPS) is 17.8. The van der Waals surface area contributed by atoms with Crippen LogP contribution in [-0.4, -0.2) is 29.9 Å². The average Bonchev–Trinajstić information content (AvgIpc) is 2.46. The van der Waals surface area contributed by atoms with Gasteiger partial charge in [0.05, 0.1) is 0 Å². The van der Waals surface area contributed by atoms with Crippen molar-refractivity contribution in [3.8, 4) is 0 Å². The van der Waals surface area contributed by atoms with E-state index < -0.39 is 0 Å². The van der Waals surface area contributed by atoms with Gasteiger partial charge in [-0.05, 0) is 37.0 Å². The van der Waals surface area contributed by atoms with Crippen molar-refractivity contribution < 1.29 is 4.79 Å². The second-order valence-corrected chi connectivity index (χ2v) is 6.42. The van der Waals surface area contributed by atoms with Crippen LogP contribution in [0.15, 0.2) is 18.2 Å². The summed E-state index contributed by atoms with van der Waals surface area (Å²) in [5.41, 5.74) is 1.09. The van der Waals surface area contributed by atoms with Gasteiger partial charge in [0.1, 0.15) is 0 Å². The lowest BCUT2D eigenvalue weighted by Crippen LogP contribution is -2.45. The molecule has 1 N–H and O–H groups in total. The maximum atomic E-state index is 11.4. The molecule has 0 radical (unpaired) electrons. The summed E-state index contributed by atoms with van der Waals surface area (Å²) >= 11 is 12.3. The zero-order valence-corrected chi connectivity index (χ0v) is 14.0. The van der Waals surface area contributed by atoms with Gasteiger partial charge in [-0.3, -0.25) is 4.79 Å². The van der Waals surface area contributed by atoms with E-state index >= 15 is 0 Å². The van der Waals surface area contributed by atoms with E-state index in [0.717, 1.165) is 37.9 Å². The number of carbonyl (C=O) groups is 1. The quantitative estimate of drug-likeness (QED) is 0.904. The molecule has 1 saturated heterocycles. The smallest absolute Gasteiger partial charge is 0.219 e. The Labute approximate surface area is 136 Å². The minimum atomic E-state index is 0.168. The van der Waals surface area contributed by atoms with Crippen LogP contribution in [0.2, 0.25) is 10.0 Å². The third-order valence-corrected chi connectivity index (χ3v) is 4.69. The number of rotatable bonds is 4. The zero-order valence-electron chi connectivity index (χ0n) is 12.5. The molecular weight excluding hydrogens is 307 g/mol. The second-order valence-electron chi connectivity index (χ2n) is 5.57. The van der Waals surface area contributed by atoms with Gasteiger partial charge in [-0.15, -0.1) is 0 Å². The van der Waals surface area contributed by atoms with Gasteiger partial charge < -0.3 is 10.2 Å². The minimum Gasteiger partial charge on any atom is -0.343 e. The molecule has 0 aromatic heterocycles. The fourth-order valence-electron chi connectivity index (χ4n) is 2.86. The third kappa shape index (κ3) is 4.35. The molecule has 116 valence electrons. The van der Waals surface area contributed by atoms with Gasteiger partial charge in [0.25, 0.3) is 0 Å². The molecule has 21 heavy (non-hydrogen) atoms. The Balaban J connectivity index is 1.98. The molecule has 0 spiro atoms. The van der Waals surface area contributed by atoms with Gasteiger partial charge in [0.2, 0.25) is 5.91 Å². The van der Waals surface area contributed by atoms with Crippen LogP contribution in [0.4, 0.5) is 0 Å². The zero-order chi connectivity index (χ0) is 15.4. The number of amides is 1. The molecule has 1 atom stereocenters. The van der Waals surface area contributed by atoms with Gasteiger partial charge in [-0.1, -0.05) is 36.2 Å². The average molecular weight is 329 g/mol. The van der Waals surface area contributed by atoms with E-state index in [1.807, 2.05) is 17.0 Å². The molecule has 3 nitrogen and oxygen atoms in total. The molecule has 2 rings (SSSR count). The Morgan fingerprint density at radius 3 is 2.57 bits per heavy atom. The molecule has 5 heteroatoms. The molecular formula is C16H22Cl2N2O. The van der Waals surface area contributed by atoms with Crippen molar-refractivity contribution in [1.29, 1.82) is 0 Å². The number of hydrogen-bond acceptors (Lipinski definition) is 2. The van der Waals surface area contributed by atoms with Crippen molar-refractivity contribution in [2.75, 3.05) is 13.1 Å². The molecule has 1 heterocycles. The molecule has 0 aliphatic carbocycles. The number of halogens is 2. The highest BCUT2D eigenvalue weighted by Gasteiger charge is 2.23. The van der Waals surface area contributed by atoms with E-state index in [1.165, 1.54) is 0 Å². The van der Waals surface area contributed by atoms with Crippen molar-refractivity contribution in [1.82, 2.24) is 10.2 Å². The summed E-state index contributed by atoms with van der Waals surface area (Å²) in [7, 11) is 0. The van der Waals surface area contributed by atoms with Crippen LogP contribution in [0, 0.1) is 0 Å². The first-order chi connectivity index (χ1) is 10.0. The standard InChI is InChI=1S/C16H22Cl2N2O/c1-3-16(14-5-4-12(17)10-15(14)18)19-13-6-8-20(9-7-13)11(2)21/h4-5,10,13,16,19H,3,6-9H2,1-2H3. The van der Waals surface area contributed by atoms with E-state index in [9.17, 15) is 4.79 Å². The summed E-state index contributed by atoms with van der Waals surface area (Å²) in [6.07, 6.45) is 2.94. The summed E-state index contributed by atoms with van der Waals surface area (Å²) in [4.78, 5) is 13.3. The predicted molar refractivity (Wildman–Crippen MR) is 87.9 cm³/mol. The van der Waals surface area contributed by atoms with Crippen molar-refractivity contribution in [3.05, 3.63) is 33.8 Å². The lowest BCUT2D eigenvalue weighted by molar-refractivity contribution is -0.129. The molecule has 1 aliphatic rings. The molecule has 1 fully saturated rings. The summed E-state index contributed by atoms with van der Waals surface area (Å²) in [5, 5.41) is 5.05. The number of nitrogens with one attached hydrogen (secondary N) is 1. The van der Waals surface area contributed by atoms with Gasteiger partial charge in [0.15, 0.2) is 0 Å². The number of likely N-dealkylation sites (tertiary alicyclic amines) is 1. The third-order valence-electron chi connectivity index (χ3n) is 4.12. The van der Waals surface area contributed by atoms with E-state index in [4.69, 9.17) is 23.2 Å². The fraction of sp³-hybridized carbons (Fsp3) is 0.562. The molecule has 0 saturated carbocycles. The van der Waals surface area contributed by atoms with Crippen LogP contribution in [0.3, 0.4) is 0 Å². The van der Waals surface area contributed by atoms with E-state index in [1.54, 1.807) is 13.0 Å². The van der Waals surface area contributed by atoms with Crippen molar-refractivity contribution in [3.63, 3.8) is 0 Å². The number of piperidine rings is 1. The molecule has 1 unspecified atom stereocenters. The van der Waals surface area contributed by atoms with Crippen LogP contribution in [0.25, 0.3) is 0 Å². The number of carbonyl (C=O) groups excluding carboxylic acids is 1. The summed E-state index contributed by atoms with van der Waals surface area (Å²) in [6, 6.07) is 6.32. The molecule has 1 aromatic rings. The second kappa shape index (κ2) is 7.48. The lowest BCUT2D eigenvalue weighted by Gasteiger charge is -2.34. The highest BCUT2D eigenvalue weighted by molar-refractivity contribution is 6.35. The molecule has 1 aromatic carbocycles. The monoisotopic (exact) mass is 328 g/mol. The summed E-state index contributed by atoms with van der Waals surface area (Å²) in [6.45, 7) is 5.44. The Kier molecular flexibility index (Phi) is 5.91. The van der Waals surface area contributed by atoms with Gasteiger partial charge in [0, 0.05) is 42.1 Å². The maximum absolute atomic E-state index is 11.4. The Morgan fingerprint density at radius 1 is 1.38 bits per heavy atom. The van der Waals surface area contributed by atoms with E-state index in [2.05, 4.69) is 12.2 Å². The molecule has 1 aliphatic heterocycles. The van der Waals surface area contributed by atoms with Gasteiger partial charge >= 0.3 is 0 Å². The van der Waals surface area contributed by atoms with Crippen molar-refractivity contribution in [2.45, 2.75) is 45.2 Å². The van der Waals surface area contributed by atoms with E-state index in [0.29, 0.717) is 16.1 Å². The first-order valence-corrected chi connectivity index (χ1v) is 8.23. The van der Waals surface area contributed by atoms with Crippen LogP contribution < -0.4 is 5.32 Å². The maximum Gasteiger partial charge on any atom is 0.219 e. The predicted octanol–water partition coefficient (Wildman–Crippen LogP) is 4.05. The van der Waals surface area contributed by atoms with Crippen LogP contribution in [0.1, 0.15) is 44.7 Å². The highest BCUT2D eigenvalue weighted by atomic mass is 35.5. The SMILES string of the molecule is CCC(NC1CCN(C(C)=O)CC1)c1ccc(Cl)cc1Cl. The van der Waals surface area contributed by atoms with Crippen LogP contribution in [-0.2, 0) is 4.79 Å². The number of benzene rings is 1. The molecule has 0 bridgehead atoms. The highest BCUT2D eigenvalue weighted by Crippen LogP contribution is 2.29.